The molecule has 0 unspecified atom stereocenters. The van der Waals surface area contributed by atoms with E-state index in [4.69, 9.17) is 4.98 Å². The minimum Gasteiger partial charge on any atom is -0.252 e. The van der Waals surface area contributed by atoms with Crippen LogP contribution in [0.5, 0.6) is 0 Å². The number of fused-ring (bicyclic) bond motifs is 1. The monoisotopic (exact) mass is 220 g/mol. The zero-order chi connectivity index (χ0) is 11.8. The lowest BCUT2D eigenvalue weighted by molar-refractivity contribution is 1.13. The van der Waals surface area contributed by atoms with Crippen LogP contribution in [0.4, 0.5) is 0 Å². The molecule has 0 spiro atoms. The van der Waals surface area contributed by atoms with Gasteiger partial charge in [0, 0.05) is 11.3 Å². The Morgan fingerprint density at radius 2 is 1.71 bits per heavy atom. The maximum atomic E-state index is 4.78. The van der Waals surface area contributed by atoms with Gasteiger partial charge in [0.25, 0.3) is 0 Å². The summed E-state index contributed by atoms with van der Waals surface area (Å²) in [5, 5.41) is 1.21. The molecule has 0 bridgehead atoms. The van der Waals surface area contributed by atoms with E-state index >= 15 is 0 Å². The van der Waals surface area contributed by atoms with Gasteiger partial charge in [-0.1, -0.05) is 12.1 Å². The summed E-state index contributed by atoms with van der Waals surface area (Å²) in [6, 6.07) is 8.62. The average molecular weight is 220 g/mol. The first-order chi connectivity index (χ1) is 8.24. The maximum Gasteiger partial charge on any atom is 0.0708 e. The molecule has 1 fully saturated rings. The SMILES string of the molecule is Cc1ccc2cc(C)c([C]3[CH][CH][CH][CH]3)nc2c1. The van der Waals surface area contributed by atoms with Crippen molar-refractivity contribution in [3.63, 3.8) is 0 Å². The van der Waals surface area contributed by atoms with Crippen LogP contribution in [0.15, 0.2) is 24.3 Å². The van der Waals surface area contributed by atoms with Gasteiger partial charge in [-0.25, -0.2) is 0 Å². The predicted octanol–water partition coefficient (Wildman–Crippen LogP) is 3.60. The van der Waals surface area contributed by atoms with Gasteiger partial charge in [-0.15, -0.1) is 0 Å². The van der Waals surface area contributed by atoms with Crippen LogP contribution in [0.25, 0.3) is 10.9 Å². The fourth-order valence-electron chi connectivity index (χ4n) is 2.21. The Bertz CT molecular complexity index is 551. The van der Waals surface area contributed by atoms with E-state index in [0.29, 0.717) is 0 Å². The van der Waals surface area contributed by atoms with Gasteiger partial charge in [-0.2, -0.15) is 0 Å². The molecule has 1 nitrogen and oxygen atoms in total. The second-order valence-electron chi connectivity index (χ2n) is 4.52. The smallest absolute Gasteiger partial charge is 0.0708 e. The third kappa shape index (κ3) is 1.95. The van der Waals surface area contributed by atoms with Gasteiger partial charge in [0.1, 0.15) is 0 Å². The minimum atomic E-state index is 1.08. The van der Waals surface area contributed by atoms with Gasteiger partial charge >= 0.3 is 0 Å². The van der Waals surface area contributed by atoms with Crippen molar-refractivity contribution in [2.45, 2.75) is 13.8 Å². The molecule has 1 aliphatic carbocycles. The van der Waals surface area contributed by atoms with Crippen LogP contribution < -0.4 is 0 Å². The molecular weight excluding hydrogens is 206 g/mol. The van der Waals surface area contributed by atoms with E-state index in [0.717, 1.165) is 11.2 Å². The van der Waals surface area contributed by atoms with E-state index in [9.17, 15) is 0 Å². The molecule has 1 aromatic carbocycles. The van der Waals surface area contributed by atoms with E-state index in [1.807, 2.05) is 0 Å². The highest BCUT2D eigenvalue weighted by atomic mass is 14.7. The molecule has 1 heteroatoms. The van der Waals surface area contributed by atoms with E-state index in [1.54, 1.807) is 0 Å². The highest BCUT2D eigenvalue weighted by Gasteiger charge is 2.22. The number of hydrogen-bond acceptors (Lipinski definition) is 1. The number of hydrogen-bond donors (Lipinski definition) is 0. The van der Waals surface area contributed by atoms with E-state index < -0.39 is 0 Å². The molecule has 2 aromatic rings. The Morgan fingerprint density at radius 3 is 2.47 bits per heavy atom. The first kappa shape index (κ1) is 10.8. The van der Waals surface area contributed by atoms with Crippen LogP contribution in [-0.4, -0.2) is 4.98 Å². The Labute approximate surface area is 103 Å². The summed E-state index contributed by atoms with van der Waals surface area (Å²) in [5.41, 5.74) is 4.65. The molecule has 17 heavy (non-hydrogen) atoms. The molecule has 0 amide bonds. The summed E-state index contributed by atoms with van der Waals surface area (Å²) in [6.45, 7) is 4.22. The average Bonchev–Trinajstić information content (AvgIpc) is 2.82. The van der Waals surface area contributed by atoms with Gasteiger partial charge in [0.2, 0.25) is 0 Å². The molecule has 3 rings (SSSR count). The van der Waals surface area contributed by atoms with Crippen molar-refractivity contribution in [2.75, 3.05) is 0 Å². The number of aryl methyl sites for hydroxylation is 2. The summed E-state index contributed by atoms with van der Waals surface area (Å²) < 4.78 is 0. The Hall–Kier alpha value is -1.37. The van der Waals surface area contributed by atoms with Crippen LogP contribution in [0.1, 0.15) is 16.8 Å². The van der Waals surface area contributed by atoms with Crippen LogP contribution >= 0.6 is 0 Å². The quantitative estimate of drug-likeness (QED) is 0.715. The van der Waals surface area contributed by atoms with Crippen molar-refractivity contribution < 1.29 is 0 Å². The van der Waals surface area contributed by atoms with Crippen molar-refractivity contribution in [3.8, 4) is 0 Å². The molecule has 1 heterocycles. The zero-order valence-electron chi connectivity index (χ0n) is 10.1. The molecule has 1 saturated carbocycles. The normalized spacial score (nSPS) is 16.8. The number of aromatic nitrogens is 1. The third-order valence-corrected chi connectivity index (χ3v) is 3.10. The van der Waals surface area contributed by atoms with Crippen LogP contribution in [-0.2, 0) is 0 Å². The van der Waals surface area contributed by atoms with E-state index in [-0.39, 0.29) is 0 Å². The Morgan fingerprint density at radius 1 is 0.941 bits per heavy atom. The summed E-state index contributed by atoms with van der Waals surface area (Å²) in [5.74, 6) is 1.20. The second-order valence-corrected chi connectivity index (χ2v) is 4.52. The van der Waals surface area contributed by atoms with Crippen LogP contribution in [0.3, 0.4) is 0 Å². The number of pyridine rings is 1. The molecule has 0 aliphatic heterocycles. The van der Waals surface area contributed by atoms with Crippen LogP contribution in [0, 0.1) is 45.4 Å². The number of nitrogens with zero attached hydrogens (tertiary/aromatic N) is 1. The summed E-state index contributed by atoms with van der Waals surface area (Å²) >= 11 is 0. The molecule has 0 saturated heterocycles. The van der Waals surface area contributed by atoms with E-state index in [2.05, 4.69) is 63.8 Å². The van der Waals surface area contributed by atoms with Crippen molar-refractivity contribution in [1.29, 1.82) is 0 Å². The lowest BCUT2D eigenvalue weighted by Crippen LogP contribution is -2.02. The Kier molecular flexibility index (Phi) is 2.62. The highest BCUT2D eigenvalue weighted by molar-refractivity contribution is 5.81. The molecular formula is C16H14N. The molecule has 0 atom stereocenters. The standard InChI is InChI=1S/C16H14N/c1-11-7-8-14-10-12(2)16(17-15(14)9-11)13-5-3-4-6-13/h3-10H,1-2H3. The largest absolute Gasteiger partial charge is 0.252 e. The molecule has 0 N–H and O–H groups in total. The summed E-state index contributed by atoms with van der Waals surface area (Å²) in [4.78, 5) is 4.78. The topological polar surface area (TPSA) is 12.9 Å². The number of rotatable bonds is 1. The lowest BCUT2D eigenvalue weighted by Gasteiger charge is -2.12. The van der Waals surface area contributed by atoms with Crippen molar-refractivity contribution in [1.82, 2.24) is 4.98 Å². The van der Waals surface area contributed by atoms with Gasteiger partial charge in [0.15, 0.2) is 0 Å². The minimum absolute atomic E-state index is 1.08. The molecule has 83 valence electrons. The molecule has 5 radical (unpaired) electrons. The van der Waals surface area contributed by atoms with Crippen molar-refractivity contribution in [2.24, 2.45) is 0 Å². The first-order valence-electron chi connectivity index (χ1n) is 5.84. The second kappa shape index (κ2) is 4.14. The number of benzene rings is 1. The predicted molar refractivity (Wildman–Crippen MR) is 70.8 cm³/mol. The maximum absolute atomic E-state index is 4.78. The fourth-order valence-corrected chi connectivity index (χ4v) is 2.21. The van der Waals surface area contributed by atoms with E-state index in [1.165, 1.54) is 22.4 Å². The first-order valence-corrected chi connectivity index (χ1v) is 5.84. The van der Waals surface area contributed by atoms with Crippen molar-refractivity contribution >= 4 is 10.9 Å². The van der Waals surface area contributed by atoms with Gasteiger partial charge in [-0.05, 0) is 62.8 Å². The fraction of sp³-hybridized carbons (Fsp3) is 0.125. The van der Waals surface area contributed by atoms with Gasteiger partial charge in [0.05, 0.1) is 11.2 Å². The zero-order valence-corrected chi connectivity index (χ0v) is 10.1. The Balaban J connectivity index is 2.14. The molecule has 1 aliphatic rings. The highest BCUT2D eigenvalue weighted by Crippen LogP contribution is 2.32. The van der Waals surface area contributed by atoms with Crippen LogP contribution in [0.2, 0.25) is 0 Å². The lowest BCUT2D eigenvalue weighted by atomic mass is 9.97. The summed E-state index contributed by atoms with van der Waals surface area (Å²) in [7, 11) is 0. The molecule has 1 aromatic heterocycles. The van der Waals surface area contributed by atoms with Gasteiger partial charge < -0.3 is 0 Å². The van der Waals surface area contributed by atoms with Gasteiger partial charge in [-0.3, -0.25) is 4.98 Å². The van der Waals surface area contributed by atoms with Crippen molar-refractivity contribution in [3.05, 3.63) is 72.7 Å². The third-order valence-electron chi connectivity index (χ3n) is 3.10. The summed E-state index contributed by atoms with van der Waals surface area (Å²) in [6.07, 6.45) is 8.32.